The van der Waals surface area contributed by atoms with E-state index in [1.165, 1.54) is 0 Å². The molecule has 0 saturated heterocycles. The summed E-state index contributed by atoms with van der Waals surface area (Å²) in [6, 6.07) is 0. The number of carbonyl (C=O) groups is 1. The smallest absolute Gasteiger partial charge is 0.450 e. The number of rotatable bonds is 2. The topological polar surface area (TPSA) is 77.8 Å². The van der Waals surface area contributed by atoms with Crippen molar-refractivity contribution in [3.05, 3.63) is 0 Å². The standard InChI is InChI=1S/C4H10OS.CH2O3/c1-2-4(5)3-6;2-1(3)4/h4-6H,2-3H2,1H3;(H2,2,3,4). The summed E-state index contributed by atoms with van der Waals surface area (Å²) in [5, 5.41) is 22.5. The van der Waals surface area contributed by atoms with Crippen molar-refractivity contribution in [2.45, 2.75) is 19.4 Å². The van der Waals surface area contributed by atoms with E-state index in [0.29, 0.717) is 5.75 Å². The van der Waals surface area contributed by atoms with Crippen LogP contribution in [0.5, 0.6) is 0 Å². The van der Waals surface area contributed by atoms with Crippen molar-refractivity contribution in [2.24, 2.45) is 0 Å². The Bertz CT molecular complexity index is 77.7. The lowest BCUT2D eigenvalue weighted by molar-refractivity contribution is 0.137. The van der Waals surface area contributed by atoms with E-state index in [1.807, 2.05) is 6.92 Å². The summed E-state index contributed by atoms with van der Waals surface area (Å²) in [6.45, 7) is 1.93. The van der Waals surface area contributed by atoms with Crippen LogP contribution in [-0.2, 0) is 0 Å². The molecule has 4 nitrogen and oxygen atoms in total. The average molecular weight is 168 g/mol. The first-order valence-corrected chi connectivity index (χ1v) is 3.38. The molecule has 0 spiro atoms. The van der Waals surface area contributed by atoms with Crippen molar-refractivity contribution < 1.29 is 20.1 Å². The van der Waals surface area contributed by atoms with Crippen LogP contribution in [0.1, 0.15) is 13.3 Å². The van der Waals surface area contributed by atoms with E-state index in [1.54, 1.807) is 0 Å². The summed E-state index contributed by atoms with van der Waals surface area (Å²) in [6.07, 6.45) is -1.22. The molecular weight excluding hydrogens is 156 g/mol. The van der Waals surface area contributed by atoms with E-state index in [4.69, 9.17) is 20.1 Å². The van der Waals surface area contributed by atoms with Gasteiger partial charge in [0.15, 0.2) is 0 Å². The van der Waals surface area contributed by atoms with Gasteiger partial charge in [-0.25, -0.2) is 4.79 Å². The molecule has 0 rings (SSSR count). The number of thiol groups is 1. The van der Waals surface area contributed by atoms with Gasteiger partial charge < -0.3 is 15.3 Å². The molecule has 5 heteroatoms. The Kier molecular flexibility index (Phi) is 10.5. The van der Waals surface area contributed by atoms with Gasteiger partial charge in [-0.3, -0.25) is 0 Å². The van der Waals surface area contributed by atoms with Gasteiger partial charge in [-0.1, -0.05) is 6.92 Å². The fraction of sp³-hybridized carbons (Fsp3) is 0.800. The number of hydrogen-bond donors (Lipinski definition) is 4. The Labute approximate surface area is 64.9 Å². The van der Waals surface area contributed by atoms with Gasteiger partial charge >= 0.3 is 6.16 Å². The molecule has 0 aromatic rings. The first kappa shape index (κ1) is 12.3. The molecule has 0 fully saturated rings. The first-order valence-electron chi connectivity index (χ1n) is 2.75. The zero-order valence-corrected chi connectivity index (χ0v) is 6.58. The zero-order valence-electron chi connectivity index (χ0n) is 5.69. The van der Waals surface area contributed by atoms with E-state index >= 15 is 0 Å². The van der Waals surface area contributed by atoms with Crippen LogP contribution in [0.25, 0.3) is 0 Å². The summed E-state index contributed by atoms with van der Waals surface area (Å²) in [7, 11) is 0. The molecule has 0 aliphatic rings. The van der Waals surface area contributed by atoms with Crippen molar-refractivity contribution in [3.63, 3.8) is 0 Å². The normalized spacial score (nSPS) is 11.1. The van der Waals surface area contributed by atoms with Crippen LogP contribution in [0.15, 0.2) is 0 Å². The van der Waals surface area contributed by atoms with Crippen molar-refractivity contribution in [1.29, 1.82) is 0 Å². The Morgan fingerprint density at radius 1 is 1.60 bits per heavy atom. The highest BCUT2D eigenvalue weighted by molar-refractivity contribution is 7.80. The average Bonchev–Trinajstić information content (AvgIpc) is 1.85. The summed E-state index contributed by atoms with van der Waals surface area (Å²) >= 11 is 3.85. The molecule has 62 valence electrons. The Hall–Kier alpha value is -0.420. The number of aliphatic hydroxyl groups is 1. The van der Waals surface area contributed by atoms with Crippen LogP contribution in [0.3, 0.4) is 0 Å². The molecule has 3 N–H and O–H groups in total. The van der Waals surface area contributed by atoms with Crippen molar-refractivity contribution >= 4 is 18.8 Å². The highest BCUT2D eigenvalue weighted by Gasteiger charge is 1.91. The van der Waals surface area contributed by atoms with Crippen LogP contribution in [0.4, 0.5) is 4.79 Å². The molecule has 0 radical (unpaired) electrons. The predicted molar refractivity (Wildman–Crippen MR) is 40.8 cm³/mol. The van der Waals surface area contributed by atoms with E-state index in [0.717, 1.165) is 6.42 Å². The molecule has 0 aromatic carbocycles. The van der Waals surface area contributed by atoms with Gasteiger partial charge in [-0.05, 0) is 6.42 Å². The Morgan fingerprint density at radius 3 is 1.90 bits per heavy atom. The second kappa shape index (κ2) is 8.58. The summed E-state index contributed by atoms with van der Waals surface area (Å²) in [5.41, 5.74) is 0. The van der Waals surface area contributed by atoms with Gasteiger partial charge in [-0.2, -0.15) is 12.6 Å². The first-order chi connectivity index (χ1) is 4.54. The van der Waals surface area contributed by atoms with Crippen molar-refractivity contribution in [1.82, 2.24) is 0 Å². The molecule has 0 bridgehead atoms. The largest absolute Gasteiger partial charge is 0.503 e. The van der Waals surface area contributed by atoms with Crippen LogP contribution in [-0.4, -0.2) is 33.3 Å². The van der Waals surface area contributed by atoms with Gasteiger partial charge in [0.25, 0.3) is 0 Å². The third-order valence-corrected chi connectivity index (χ3v) is 1.10. The molecule has 0 aliphatic carbocycles. The molecule has 0 heterocycles. The van der Waals surface area contributed by atoms with Gasteiger partial charge in [0.05, 0.1) is 6.10 Å². The van der Waals surface area contributed by atoms with Gasteiger partial charge in [0.2, 0.25) is 0 Å². The Balaban J connectivity index is 0. The van der Waals surface area contributed by atoms with Gasteiger partial charge in [-0.15, -0.1) is 0 Å². The van der Waals surface area contributed by atoms with Crippen molar-refractivity contribution in [3.8, 4) is 0 Å². The third kappa shape index (κ3) is 25.6. The lowest BCUT2D eigenvalue weighted by Gasteiger charge is -1.97. The van der Waals surface area contributed by atoms with Crippen molar-refractivity contribution in [2.75, 3.05) is 5.75 Å². The highest BCUT2D eigenvalue weighted by Crippen LogP contribution is 1.89. The molecule has 0 aliphatic heterocycles. The predicted octanol–water partition coefficient (Wildman–Crippen LogP) is 0.909. The maximum Gasteiger partial charge on any atom is 0.503 e. The van der Waals surface area contributed by atoms with Gasteiger partial charge in [0, 0.05) is 5.75 Å². The fourth-order valence-electron chi connectivity index (χ4n) is 0.129. The SMILES string of the molecule is CCC(O)CS.O=C(O)O. The summed E-state index contributed by atoms with van der Waals surface area (Å²) < 4.78 is 0. The third-order valence-electron chi connectivity index (χ3n) is 0.682. The lowest BCUT2D eigenvalue weighted by atomic mass is 10.3. The fourth-order valence-corrected chi connectivity index (χ4v) is 0.387. The summed E-state index contributed by atoms with van der Waals surface area (Å²) in [5.74, 6) is 0.580. The molecule has 0 amide bonds. The maximum absolute atomic E-state index is 8.59. The lowest BCUT2D eigenvalue weighted by Crippen LogP contribution is -2.04. The highest BCUT2D eigenvalue weighted by atomic mass is 32.1. The minimum absolute atomic E-state index is 0.201. The molecule has 1 unspecified atom stereocenters. The second-order valence-corrected chi connectivity index (χ2v) is 1.89. The van der Waals surface area contributed by atoms with Gasteiger partial charge in [0.1, 0.15) is 0 Å². The van der Waals surface area contributed by atoms with Crippen LogP contribution >= 0.6 is 12.6 Å². The van der Waals surface area contributed by atoms with Crippen LogP contribution < -0.4 is 0 Å². The van der Waals surface area contributed by atoms with Crippen LogP contribution in [0.2, 0.25) is 0 Å². The minimum Gasteiger partial charge on any atom is -0.450 e. The van der Waals surface area contributed by atoms with Crippen LogP contribution in [0, 0.1) is 0 Å². The number of hydrogen-bond acceptors (Lipinski definition) is 3. The quantitative estimate of drug-likeness (QED) is 0.462. The Morgan fingerprint density at radius 2 is 1.90 bits per heavy atom. The number of carboxylic acid groups (broad SMARTS) is 2. The maximum atomic E-state index is 8.59. The number of aliphatic hydroxyl groups excluding tert-OH is 1. The molecule has 0 saturated carbocycles. The second-order valence-electron chi connectivity index (χ2n) is 1.53. The van der Waals surface area contributed by atoms with E-state index < -0.39 is 6.16 Å². The monoisotopic (exact) mass is 168 g/mol. The van der Waals surface area contributed by atoms with E-state index in [9.17, 15) is 0 Å². The molecule has 10 heavy (non-hydrogen) atoms. The summed E-state index contributed by atoms with van der Waals surface area (Å²) in [4.78, 5) is 8.56. The minimum atomic E-state index is -1.83. The zero-order chi connectivity index (χ0) is 8.57. The van der Waals surface area contributed by atoms with E-state index in [2.05, 4.69) is 12.6 Å². The molecular formula is C5H12O4S. The van der Waals surface area contributed by atoms with E-state index in [-0.39, 0.29) is 6.10 Å². The molecule has 0 aromatic heterocycles. The molecule has 1 atom stereocenters.